The average Bonchev–Trinajstić information content (AvgIpc) is 2.93. The second kappa shape index (κ2) is 8.50. The third-order valence-electron chi connectivity index (χ3n) is 3.90. The van der Waals surface area contributed by atoms with E-state index >= 15 is 0 Å². The van der Waals surface area contributed by atoms with Gasteiger partial charge in [-0.15, -0.1) is 0 Å². The van der Waals surface area contributed by atoms with Crippen molar-refractivity contribution in [2.45, 2.75) is 58.1 Å². The summed E-state index contributed by atoms with van der Waals surface area (Å²) in [7, 11) is -3.81. The van der Waals surface area contributed by atoms with Crippen LogP contribution in [0.2, 0.25) is 0 Å². The number of ether oxygens (including phenoxy) is 2. The summed E-state index contributed by atoms with van der Waals surface area (Å²) in [5.74, 6) is -0.732. The number of carbonyl (C=O) groups is 2. The molecule has 0 saturated carbocycles. The largest absolute Gasteiger partial charge is 0.476 e. The quantitative estimate of drug-likeness (QED) is 0.722. The Balaban J connectivity index is 1.99. The Morgan fingerprint density at radius 3 is 2.68 bits per heavy atom. The van der Waals surface area contributed by atoms with E-state index in [0.29, 0.717) is 13.1 Å². The number of hydrogen-bond acceptors (Lipinski definition) is 7. The molecule has 10 heteroatoms. The molecule has 2 rings (SSSR count). The van der Waals surface area contributed by atoms with Crippen molar-refractivity contribution in [3.05, 3.63) is 6.20 Å². The Morgan fingerprint density at radius 1 is 1.39 bits per heavy atom. The number of rotatable bonds is 7. The van der Waals surface area contributed by atoms with Crippen LogP contribution in [0, 0.1) is 11.8 Å². The maximum Gasteiger partial charge on any atom is 0.407 e. The van der Waals surface area contributed by atoms with Crippen molar-refractivity contribution >= 4 is 21.7 Å². The number of hydrogen-bond donors (Lipinski definition) is 1. The van der Waals surface area contributed by atoms with Crippen molar-refractivity contribution in [2.75, 3.05) is 18.9 Å². The standard InChI is InChI=1S/C18H29N3O6S/c1-12(2)6-14(22)11-28(24,25)15-8-20-21-9-13(10-26-16(15)21)7-19-17(23)27-18(3,4)5/h8,12-13H,6-7,9-11H2,1-5H3,(H,19,23). The van der Waals surface area contributed by atoms with Crippen LogP contribution in [0.15, 0.2) is 11.1 Å². The minimum atomic E-state index is -3.81. The van der Waals surface area contributed by atoms with Gasteiger partial charge in [0.1, 0.15) is 22.0 Å². The van der Waals surface area contributed by atoms with Crippen LogP contribution >= 0.6 is 0 Å². The summed E-state index contributed by atoms with van der Waals surface area (Å²) in [5, 5.41) is 6.76. The number of sulfone groups is 1. The fraction of sp³-hybridized carbons (Fsp3) is 0.722. The van der Waals surface area contributed by atoms with Gasteiger partial charge in [-0.25, -0.2) is 17.9 Å². The lowest BCUT2D eigenvalue weighted by Crippen LogP contribution is -2.39. The van der Waals surface area contributed by atoms with Gasteiger partial charge in [0.15, 0.2) is 9.84 Å². The molecule has 1 amide bonds. The van der Waals surface area contributed by atoms with E-state index in [1.54, 1.807) is 20.8 Å². The Hall–Kier alpha value is -2.10. The van der Waals surface area contributed by atoms with Gasteiger partial charge in [-0.2, -0.15) is 5.10 Å². The highest BCUT2D eigenvalue weighted by Crippen LogP contribution is 2.29. The molecule has 1 aliphatic heterocycles. The monoisotopic (exact) mass is 415 g/mol. The lowest BCUT2D eigenvalue weighted by molar-refractivity contribution is -0.117. The van der Waals surface area contributed by atoms with Crippen LogP contribution in [0.5, 0.6) is 5.88 Å². The molecule has 0 saturated heterocycles. The summed E-state index contributed by atoms with van der Waals surface area (Å²) < 4.78 is 37.4. The molecular weight excluding hydrogens is 386 g/mol. The minimum absolute atomic E-state index is 0.0665. The number of nitrogens with one attached hydrogen (secondary N) is 1. The minimum Gasteiger partial charge on any atom is -0.476 e. The van der Waals surface area contributed by atoms with Crippen LogP contribution in [0.4, 0.5) is 4.79 Å². The van der Waals surface area contributed by atoms with Crippen LogP contribution in [-0.2, 0) is 25.9 Å². The number of alkyl carbamates (subject to hydrolysis) is 1. The molecule has 1 aliphatic rings. The number of amides is 1. The first kappa shape index (κ1) is 22.2. The summed E-state index contributed by atoms with van der Waals surface area (Å²) >= 11 is 0. The molecule has 0 aromatic carbocycles. The smallest absolute Gasteiger partial charge is 0.407 e. The Kier molecular flexibility index (Phi) is 6.74. The van der Waals surface area contributed by atoms with E-state index in [-0.39, 0.29) is 41.4 Å². The lowest BCUT2D eigenvalue weighted by Gasteiger charge is -2.25. The first-order chi connectivity index (χ1) is 12.9. The zero-order valence-corrected chi connectivity index (χ0v) is 17.8. The molecule has 28 heavy (non-hydrogen) atoms. The molecule has 1 aromatic heterocycles. The Morgan fingerprint density at radius 2 is 2.07 bits per heavy atom. The summed E-state index contributed by atoms with van der Waals surface area (Å²) in [5.41, 5.74) is -0.585. The van der Waals surface area contributed by atoms with Gasteiger partial charge >= 0.3 is 6.09 Å². The van der Waals surface area contributed by atoms with E-state index in [9.17, 15) is 18.0 Å². The zero-order chi connectivity index (χ0) is 21.1. The van der Waals surface area contributed by atoms with Gasteiger partial charge in [0, 0.05) is 18.9 Å². The van der Waals surface area contributed by atoms with Crippen LogP contribution in [0.1, 0.15) is 41.0 Å². The molecule has 0 spiro atoms. The summed E-state index contributed by atoms with van der Waals surface area (Å²) in [6.07, 6.45) is 0.907. The first-order valence-corrected chi connectivity index (χ1v) is 10.9. The summed E-state index contributed by atoms with van der Waals surface area (Å²) in [6.45, 7) is 9.98. The predicted molar refractivity (Wildman–Crippen MR) is 102 cm³/mol. The third kappa shape index (κ3) is 6.22. The van der Waals surface area contributed by atoms with Crippen LogP contribution < -0.4 is 10.1 Å². The van der Waals surface area contributed by atoms with Gasteiger partial charge in [-0.3, -0.25) is 4.79 Å². The number of Topliss-reactive ketones (excluding diaryl/α,β-unsaturated/α-hetero) is 1. The summed E-state index contributed by atoms with van der Waals surface area (Å²) in [4.78, 5) is 23.6. The van der Waals surface area contributed by atoms with Crippen molar-refractivity contribution in [3.8, 4) is 5.88 Å². The highest BCUT2D eigenvalue weighted by molar-refractivity contribution is 7.92. The number of aromatic nitrogens is 2. The van der Waals surface area contributed by atoms with Crippen molar-refractivity contribution in [1.82, 2.24) is 15.1 Å². The fourth-order valence-corrected chi connectivity index (χ4v) is 4.14. The topological polar surface area (TPSA) is 117 Å². The van der Waals surface area contributed by atoms with Crippen molar-refractivity contribution in [2.24, 2.45) is 11.8 Å². The van der Waals surface area contributed by atoms with Crippen molar-refractivity contribution in [1.29, 1.82) is 0 Å². The van der Waals surface area contributed by atoms with Crippen LogP contribution in [-0.4, -0.2) is 54.6 Å². The van der Waals surface area contributed by atoms with Gasteiger partial charge in [0.25, 0.3) is 0 Å². The molecule has 0 fully saturated rings. The van der Waals surface area contributed by atoms with Gasteiger partial charge in [0.05, 0.1) is 19.3 Å². The molecule has 1 atom stereocenters. The third-order valence-corrected chi connectivity index (χ3v) is 5.55. The molecule has 1 aromatic rings. The van der Waals surface area contributed by atoms with E-state index in [4.69, 9.17) is 9.47 Å². The van der Waals surface area contributed by atoms with Crippen molar-refractivity contribution in [3.63, 3.8) is 0 Å². The molecule has 0 radical (unpaired) electrons. The van der Waals surface area contributed by atoms with Gasteiger partial charge < -0.3 is 14.8 Å². The molecule has 1 unspecified atom stereocenters. The number of fused-ring (bicyclic) bond motifs is 1. The normalized spacial score (nSPS) is 17.0. The molecular formula is C18H29N3O6S. The zero-order valence-electron chi connectivity index (χ0n) is 17.0. The lowest BCUT2D eigenvalue weighted by atomic mass is 10.1. The average molecular weight is 416 g/mol. The molecule has 9 nitrogen and oxygen atoms in total. The second-order valence-corrected chi connectivity index (χ2v) is 10.4. The van der Waals surface area contributed by atoms with Crippen LogP contribution in [0.25, 0.3) is 0 Å². The maximum atomic E-state index is 12.6. The van der Waals surface area contributed by atoms with Gasteiger partial charge in [-0.1, -0.05) is 13.8 Å². The fourth-order valence-electron chi connectivity index (χ4n) is 2.81. The van der Waals surface area contributed by atoms with Crippen LogP contribution in [0.3, 0.4) is 0 Å². The van der Waals surface area contributed by atoms with Gasteiger partial charge in [-0.05, 0) is 26.7 Å². The van der Waals surface area contributed by atoms with E-state index in [1.807, 2.05) is 13.8 Å². The molecule has 158 valence electrons. The van der Waals surface area contributed by atoms with E-state index in [2.05, 4.69) is 10.4 Å². The van der Waals surface area contributed by atoms with E-state index in [0.717, 1.165) is 0 Å². The highest BCUT2D eigenvalue weighted by atomic mass is 32.2. The SMILES string of the molecule is CC(C)CC(=O)CS(=O)(=O)c1cnn2c1OCC(CNC(=O)OC(C)(C)C)C2. The Bertz CT molecular complexity index is 823. The van der Waals surface area contributed by atoms with Crippen molar-refractivity contribution < 1.29 is 27.5 Å². The molecule has 2 heterocycles. The second-order valence-electron chi connectivity index (χ2n) is 8.45. The Labute approximate surface area is 165 Å². The van der Waals surface area contributed by atoms with Gasteiger partial charge in [0.2, 0.25) is 5.88 Å². The number of carbonyl (C=O) groups excluding carboxylic acids is 2. The molecule has 0 bridgehead atoms. The molecule has 1 N–H and O–H groups in total. The molecule has 0 aliphatic carbocycles. The highest BCUT2D eigenvalue weighted by Gasteiger charge is 2.31. The summed E-state index contributed by atoms with van der Waals surface area (Å²) in [6, 6.07) is 0. The van der Waals surface area contributed by atoms with E-state index < -0.39 is 27.3 Å². The number of ketones is 1. The first-order valence-electron chi connectivity index (χ1n) is 9.27. The maximum absolute atomic E-state index is 12.6. The predicted octanol–water partition coefficient (Wildman–Crippen LogP) is 1.81. The van der Waals surface area contributed by atoms with E-state index in [1.165, 1.54) is 10.9 Å². The number of nitrogens with zero attached hydrogens (tertiary/aromatic N) is 2.